The van der Waals surface area contributed by atoms with Gasteiger partial charge < -0.3 is 9.47 Å². The van der Waals surface area contributed by atoms with Crippen LogP contribution in [0.5, 0.6) is 11.5 Å². The summed E-state index contributed by atoms with van der Waals surface area (Å²) in [6.07, 6.45) is 0. The molecule has 0 fully saturated rings. The standard InChI is InChI=1S/C17H19BrO2/c1-12-7-15(10-18)8-13(2)17(12)20-11-14-5-4-6-16(9-14)19-3/h4-9H,10-11H2,1-3H3. The van der Waals surface area contributed by atoms with E-state index in [-0.39, 0.29) is 0 Å². The van der Waals surface area contributed by atoms with Gasteiger partial charge >= 0.3 is 0 Å². The Morgan fingerprint density at radius 2 is 1.70 bits per heavy atom. The van der Waals surface area contributed by atoms with Crippen LogP contribution in [0.25, 0.3) is 0 Å². The van der Waals surface area contributed by atoms with Crippen molar-refractivity contribution in [3.05, 3.63) is 58.7 Å². The van der Waals surface area contributed by atoms with Crippen LogP contribution in [0.1, 0.15) is 22.3 Å². The van der Waals surface area contributed by atoms with Gasteiger partial charge in [-0.3, -0.25) is 0 Å². The summed E-state index contributed by atoms with van der Waals surface area (Å²) >= 11 is 3.49. The smallest absolute Gasteiger partial charge is 0.125 e. The van der Waals surface area contributed by atoms with Crippen molar-refractivity contribution in [2.24, 2.45) is 0 Å². The van der Waals surface area contributed by atoms with E-state index in [1.54, 1.807) is 7.11 Å². The minimum atomic E-state index is 0.548. The van der Waals surface area contributed by atoms with E-state index in [0.29, 0.717) is 6.61 Å². The van der Waals surface area contributed by atoms with E-state index in [9.17, 15) is 0 Å². The Bertz CT molecular complexity index is 570. The van der Waals surface area contributed by atoms with Crippen molar-refractivity contribution in [2.75, 3.05) is 7.11 Å². The summed E-state index contributed by atoms with van der Waals surface area (Å²) in [7, 11) is 1.67. The largest absolute Gasteiger partial charge is 0.497 e. The first-order valence-electron chi connectivity index (χ1n) is 6.56. The van der Waals surface area contributed by atoms with Crippen LogP contribution in [0, 0.1) is 13.8 Å². The molecule has 3 heteroatoms. The average Bonchev–Trinajstić information content (AvgIpc) is 2.46. The summed E-state index contributed by atoms with van der Waals surface area (Å²) in [5, 5.41) is 0.866. The number of alkyl halides is 1. The number of aryl methyl sites for hydroxylation is 2. The topological polar surface area (TPSA) is 18.5 Å². The molecule has 0 spiro atoms. The first kappa shape index (κ1) is 14.9. The molecule has 0 unspecified atom stereocenters. The van der Waals surface area contributed by atoms with Crippen molar-refractivity contribution in [3.63, 3.8) is 0 Å². The first-order valence-corrected chi connectivity index (χ1v) is 7.68. The highest BCUT2D eigenvalue weighted by atomic mass is 79.9. The highest BCUT2D eigenvalue weighted by Crippen LogP contribution is 2.27. The molecule has 20 heavy (non-hydrogen) atoms. The van der Waals surface area contributed by atoms with Crippen LogP contribution >= 0.6 is 15.9 Å². The molecule has 0 radical (unpaired) electrons. The summed E-state index contributed by atoms with van der Waals surface area (Å²) in [5.41, 5.74) is 4.71. The predicted octanol–water partition coefficient (Wildman–Crippen LogP) is 4.79. The lowest BCUT2D eigenvalue weighted by Gasteiger charge is -2.14. The van der Waals surface area contributed by atoms with Crippen molar-refractivity contribution in [3.8, 4) is 11.5 Å². The molecule has 2 aromatic carbocycles. The van der Waals surface area contributed by atoms with Gasteiger partial charge in [0.15, 0.2) is 0 Å². The quantitative estimate of drug-likeness (QED) is 0.732. The minimum absolute atomic E-state index is 0.548. The van der Waals surface area contributed by atoms with E-state index in [4.69, 9.17) is 9.47 Å². The molecule has 2 nitrogen and oxygen atoms in total. The molecule has 0 saturated carbocycles. The lowest BCUT2D eigenvalue weighted by Crippen LogP contribution is -2.00. The van der Waals surface area contributed by atoms with Crippen LogP contribution in [0.15, 0.2) is 36.4 Å². The van der Waals surface area contributed by atoms with Crippen molar-refractivity contribution in [1.29, 1.82) is 0 Å². The second kappa shape index (κ2) is 6.80. The third kappa shape index (κ3) is 3.54. The Labute approximate surface area is 128 Å². The molecule has 0 heterocycles. The maximum atomic E-state index is 5.98. The van der Waals surface area contributed by atoms with E-state index < -0.39 is 0 Å². The molecular weight excluding hydrogens is 316 g/mol. The van der Waals surface area contributed by atoms with E-state index in [2.05, 4.69) is 41.9 Å². The van der Waals surface area contributed by atoms with Gasteiger partial charge in [-0.1, -0.05) is 40.2 Å². The Morgan fingerprint density at radius 3 is 2.30 bits per heavy atom. The summed E-state index contributed by atoms with van der Waals surface area (Å²) in [6.45, 7) is 4.71. The van der Waals surface area contributed by atoms with E-state index in [1.165, 1.54) is 16.7 Å². The fourth-order valence-electron chi connectivity index (χ4n) is 2.26. The fourth-order valence-corrected chi connectivity index (χ4v) is 2.59. The van der Waals surface area contributed by atoms with Crippen molar-refractivity contribution < 1.29 is 9.47 Å². The van der Waals surface area contributed by atoms with E-state index in [1.807, 2.05) is 24.3 Å². The fraction of sp³-hybridized carbons (Fsp3) is 0.294. The lowest BCUT2D eigenvalue weighted by molar-refractivity contribution is 0.301. The van der Waals surface area contributed by atoms with Crippen LogP contribution < -0.4 is 9.47 Å². The van der Waals surface area contributed by atoms with Gasteiger partial charge in [0.1, 0.15) is 18.1 Å². The molecule has 0 amide bonds. The van der Waals surface area contributed by atoms with Gasteiger partial charge in [0.2, 0.25) is 0 Å². The molecule has 0 atom stereocenters. The number of hydrogen-bond donors (Lipinski definition) is 0. The number of benzene rings is 2. The van der Waals surface area contributed by atoms with Gasteiger partial charge in [0.05, 0.1) is 7.11 Å². The Hall–Kier alpha value is -1.48. The SMILES string of the molecule is COc1cccc(COc2c(C)cc(CBr)cc2C)c1. The number of halogens is 1. The first-order chi connectivity index (χ1) is 9.63. The highest BCUT2D eigenvalue weighted by Gasteiger charge is 2.07. The summed E-state index contributed by atoms with van der Waals surface area (Å²) in [6, 6.07) is 12.3. The second-order valence-corrected chi connectivity index (χ2v) is 5.39. The molecule has 0 aromatic heterocycles. The lowest BCUT2D eigenvalue weighted by atomic mass is 10.1. The van der Waals surface area contributed by atoms with Crippen LogP contribution in [-0.2, 0) is 11.9 Å². The van der Waals surface area contributed by atoms with Crippen molar-refractivity contribution >= 4 is 15.9 Å². The molecule has 0 aliphatic carbocycles. The zero-order valence-corrected chi connectivity index (χ0v) is 13.7. The van der Waals surface area contributed by atoms with Crippen LogP contribution in [0.2, 0.25) is 0 Å². The molecule has 2 rings (SSSR count). The van der Waals surface area contributed by atoms with Crippen LogP contribution in [0.3, 0.4) is 0 Å². The number of rotatable bonds is 5. The van der Waals surface area contributed by atoms with Gasteiger partial charge in [-0.25, -0.2) is 0 Å². The second-order valence-electron chi connectivity index (χ2n) is 4.83. The van der Waals surface area contributed by atoms with Crippen LogP contribution in [0.4, 0.5) is 0 Å². The predicted molar refractivity (Wildman–Crippen MR) is 85.9 cm³/mol. The summed E-state index contributed by atoms with van der Waals surface area (Å²) in [4.78, 5) is 0. The zero-order valence-electron chi connectivity index (χ0n) is 12.1. The number of hydrogen-bond acceptors (Lipinski definition) is 2. The molecule has 2 aromatic rings. The number of methoxy groups -OCH3 is 1. The normalized spacial score (nSPS) is 10.4. The molecule has 0 N–H and O–H groups in total. The van der Waals surface area contributed by atoms with Gasteiger partial charge in [-0.15, -0.1) is 0 Å². The molecule has 0 saturated heterocycles. The highest BCUT2D eigenvalue weighted by molar-refractivity contribution is 9.08. The van der Waals surface area contributed by atoms with Crippen molar-refractivity contribution in [1.82, 2.24) is 0 Å². The summed E-state index contributed by atoms with van der Waals surface area (Å²) < 4.78 is 11.2. The van der Waals surface area contributed by atoms with Crippen molar-refractivity contribution in [2.45, 2.75) is 25.8 Å². The average molecular weight is 335 g/mol. The third-order valence-corrected chi connectivity index (χ3v) is 3.84. The third-order valence-electron chi connectivity index (χ3n) is 3.19. The molecule has 0 bridgehead atoms. The minimum Gasteiger partial charge on any atom is -0.497 e. The van der Waals surface area contributed by atoms with Gasteiger partial charge in [0.25, 0.3) is 0 Å². The molecule has 106 valence electrons. The van der Waals surface area contributed by atoms with Gasteiger partial charge in [0, 0.05) is 5.33 Å². The Kier molecular flexibility index (Phi) is 5.07. The maximum Gasteiger partial charge on any atom is 0.125 e. The van der Waals surface area contributed by atoms with E-state index >= 15 is 0 Å². The van der Waals surface area contributed by atoms with Gasteiger partial charge in [-0.05, 0) is 48.2 Å². The Morgan fingerprint density at radius 1 is 1.00 bits per heavy atom. The maximum absolute atomic E-state index is 5.98. The summed E-state index contributed by atoms with van der Waals surface area (Å²) in [5.74, 6) is 1.83. The molecule has 0 aliphatic heterocycles. The molecule has 0 aliphatic rings. The number of ether oxygens (including phenoxy) is 2. The Balaban J connectivity index is 2.14. The van der Waals surface area contributed by atoms with E-state index in [0.717, 1.165) is 22.4 Å². The monoisotopic (exact) mass is 334 g/mol. The van der Waals surface area contributed by atoms with Gasteiger partial charge in [-0.2, -0.15) is 0 Å². The molecular formula is C17H19BrO2. The van der Waals surface area contributed by atoms with Crippen LogP contribution in [-0.4, -0.2) is 7.11 Å². The zero-order chi connectivity index (χ0) is 14.5.